The van der Waals surface area contributed by atoms with Gasteiger partial charge in [-0.3, -0.25) is 0 Å². The number of ether oxygens (including phenoxy) is 1. The second kappa shape index (κ2) is 3.68. The van der Waals surface area contributed by atoms with Gasteiger partial charge in [-0.25, -0.2) is 4.98 Å². The maximum Gasteiger partial charge on any atom is 0.194 e. The molecule has 0 aliphatic carbocycles. The number of fused-ring (bicyclic) bond motifs is 1. The number of H-pyrrole nitrogens is 1. The highest BCUT2D eigenvalue weighted by molar-refractivity contribution is 5.57. The maximum atomic E-state index is 5.49. The van der Waals surface area contributed by atoms with Gasteiger partial charge < -0.3 is 20.0 Å². The molecule has 3 rings (SSSR count). The monoisotopic (exact) mass is 218 g/mol. The number of aromatic amines is 1. The van der Waals surface area contributed by atoms with Gasteiger partial charge in [-0.2, -0.15) is 0 Å². The van der Waals surface area contributed by atoms with Gasteiger partial charge in [0.25, 0.3) is 0 Å². The molecule has 5 nitrogen and oxygen atoms in total. The summed E-state index contributed by atoms with van der Waals surface area (Å²) in [4.78, 5) is 7.58. The van der Waals surface area contributed by atoms with Gasteiger partial charge in [0.15, 0.2) is 5.88 Å². The molecule has 2 aromatic heterocycles. The zero-order valence-corrected chi connectivity index (χ0v) is 8.94. The lowest BCUT2D eigenvalue weighted by molar-refractivity contribution is 0.357. The third-order valence-electron chi connectivity index (χ3n) is 2.79. The van der Waals surface area contributed by atoms with E-state index in [4.69, 9.17) is 10.5 Å². The Bertz CT molecular complexity index is 500. The summed E-state index contributed by atoms with van der Waals surface area (Å²) in [5.41, 5.74) is 7.65. The van der Waals surface area contributed by atoms with Gasteiger partial charge in [0.2, 0.25) is 0 Å². The molecule has 1 aliphatic rings. The Labute approximate surface area is 93.2 Å². The summed E-state index contributed by atoms with van der Waals surface area (Å²) >= 11 is 0. The minimum Gasteiger partial charge on any atom is -0.477 e. The van der Waals surface area contributed by atoms with Crippen molar-refractivity contribution in [2.24, 2.45) is 5.73 Å². The van der Waals surface area contributed by atoms with E-state index < -0.39 is 0 Å². The minimum atomic E-state index is 0.613. The third-order valence-corrected chi connectivity index (χ3v) is 2.79. The van der Waals surface area contributed by atoms with E-state index in [9.17, 15) is 0 Å². The van der Waals surface area contributed by atoms with Gasteiger partial charge in [0, 0.05) is 12.5 Å². The van der Waals surface area contributed by atoms with E-state index in [1.165, 1.54) is 0 Å². The van der Waals surface area contributed by atoms with Gasteiger partial charge in [-0.05, 0) is 12.6 Å². The van der Waals surface area contributed by atoms with Crippen LogP contribution in [0.15, 0.2) is 18.3 Å². The molecule has 16 heavy (non-hydrogen) atoms. The lowest BCUT2D eigenvalue weighted by Gasteiger charge is -2.00. The molecule has 1 aliphatic heterocycles. The van der Waals surface area contributed by atoms with Crippen molar-refractivity contribution in [3.8, 4) is 17.3 Å². The zero-order chi connectivity index (χ0) is 11.0. The maximum absolute atomic E-state index is 5.49. The van der Waals surface area contributed by atoms with E-state index in [0.717, 1.165) is 42.7 Å². The molecule has 5 heteroatoms. The highest BCUT2D eigenvalue weighted by Crippen LogP contribution is 2.28. The topological polar surface area (TPSA) is 68.9 Å². The molecule has 0 atom stereocenters. The van der Waals surface area contributed by atoms with Crippen LogP contribution in [0.25, 0.3) is 11.4 Å². The Morgan fingerprint density at radius 3 is 3.31 bits per heavy atom. The quantitative estimate of drug-likeness (QED) is 0.799. The van der Waals surface area contributed by atoms with Crippen LogP contribution in [0.3, 0.4) is 0 Å². The number of nitrogens with two attached hydrogens (primary N) is 1. The highest BCUT2D eigenvalue weighted by atomic mass is 16.5. The number of aromatic nitrogens is 3. The molecule has 0 bridgehead atoms. The summed E-state index contributed by atoms with van der Waals surface area (Å²) in [5.74, 6) is 1.87. The van der Waals surface area contributed by atoms with Gasteiger partial charge in [-0.15, -0.1) is 0 Å². The number of nitrogens with one attached hydrogen (secondary N) is 1. The molecule has 84 valence electrons. The Balaban J connectivity index is 1.95. The second-order valence-electron chi connectivity index (χ2n) is 3.84. The molecule has 0 unspecified atom stereocenters. The largest absolute Gasteiger partial charge is 0.477 e. The average molecular weight is 218 g/mol. The van der Waals surface area contributed by atoms with E-state index in [-0.39, 0.29) is 0 Å². The molecule has 0 aromatic carbocycles. The van der Waals surface area contributed by atoms with Crippen LogP contribution >= 0.6 is 0 Å². The third kappa shape index (κ3) is 1.40. The lowest BCUT2D eigenvalue weighted by atomic mass is 10.3. The van der Waals surface area contributed by atoms with Crippen molar-refractivity contribution in [2.45, 2.75) is 13.0 Å². The smallest absolute Gasteiger partial charge is 0.194 e. The molecule has 2 aromatic rings. The number of nitrogens with zero attached hydrogens (tertiary/aromatic N) is 2. The number of hydrogen-bond donors (Lipinski definition) is 2. The first-order chi connectivity index (χ1) is 7.88. The fourth-order valence-corrected chi connectivity index (χ4v) is 2.04. The molecule has 3 heterocycles. The molecular formula is C11H14N4O. The van der Waals surface area contributed by atoms with Crippen LogP contribution in [0.5, 0.6) is 5.88 Å². The summed E-state index contributed by atoms with van der Waals surface area (Å²) in [6.07, 6.45) is 2.63. The summed E-state index contributed by atoms with van der Waals surface area (Å²) in [5, 5.41) is 0. The van der Waals surface area contributed by atoms with Crippen LogP contribution in [-0.2, 0) is 13.0 Å². The minimum absolute atomic E-state index is 0.613. The van der Waals surface area contributed by atoms with Crippen LogP contribution in [0.1, 0.15) is 5.82 Å². The predicted molar refractivity (Wildman–Crippen MR) is 60.3 cm³/mol. The van der Waals surface area contributed by atoms with Crippen molar-refractivity contribution >= 4 is 0 Å². The molecular weight excluding hydrogens is 204 g/mol. The molecule has 0 amide bonds. The number of hydrogen-bond acceptors (Lipinski definition) is 3. The molecule has 0 saturated carbocycles. The highest BCUT2D eigenvalue weighted by Gasteiger charge is 2.17. The fraction of sp³-hybridized carbons (Fsp3) is 0.364. The van der Waals surface area contributed by atoms with Crippen molar-refractivity contribution in [1.82, 2.24) is 14.5 Å². The summed E-state index contributed by atoms with van der Waals surface area (Å²) in [6, 6.07) is 4.04. The van der Waals surface area contributed by atoms with Crippen LogP contribution in [0.4, 0.5) is 0 Å². The summed E-state index contributed by atoms with van der Waals surface area (Å²) in [7, 11) is 0. The molecule has 0 saturated heterocycles. The fourth-order valence-electron chi connectivity index (χ4n) is 2.04. The van der Waals surface area contributed by atoms with Gasteiger partial charge in [0.1, 0.15) is 12.4 Å². The van der Waals surface area contributed by atoms with Crippen molar-refractivity contribution in [1.29, 1.82) is 0 Å². The Kier molecular flexibility index (Phi) is 2.18. The first-order valence-corrected chi connectivity index (χ1v) is 5.45. The van der Waals surface area contributed by atoms with Crippen molar-refractivity contribution in [3.05, 3.63) is 24.2 Å². The Hall–Kier alpha value is -1.75. The molecule has 3 N–H and O–H groups in total. The van der Waals surface area contributed by atoms with E-state index in [1.54, 1.807) is 0 Å². The van der Waals surface area contributed by atoms with Crippen LogP contribution in [0, 0.1) is 0 Å². The summed E-state index contributed by atoms with van der Waals surface area (Å²) in [6.45, 7) is 2.28. The first kappa shape index (κ1) is 9.47. The van der Waals surface area contributed by atoms with Crippen molar-refractivity contribution < 1.29 is 4.74 Å². The Morgan fingerprint density at radius 1 is 1.50 bits per heavy atom. The van der Waals surface area contributed by atoms with Crippen LogP contribution in [-0.4, -0.2) is 27.7 Å². The summed E-state index contributed by atoms with van der Waals surface area (Å²) < 4.78 is 7.62. The second-order valence-corrected chi connectivity index (χ2v) is 3.84. The van der Waals surface area contributed by atoms with E-state index in [2.05, 4.69) is 14.5 Å². The van der Waals surface area contributed by atoms with E-state index in [1.807, 2.05) is 18.3 Å². The Morgan fingerprint density at radius 2 is 2.44 bits per heavy atom. The van der Waals surface area contributed by atoms with Crippen LogP contribution in [0.2, 0.25) is 0 Å². The number of rotatable bonds is 3. The van der Waals surface area contributed by atoms with Crippen molar-refractivity contribution in [2.75, 3.05) is 13.2 Å². The standard InChI is InChI=1S/C11H14N4O/c12-4-3-10-13-7-8(14-10)9-1-2-11-15(9)5-6-16-11/h1-2,7H,3-6,12H2,(H,13,14). The van der Waals surface area contributed by atoms with Gasteiger partial charge in [0.05, 0.1) is 24.1 Å². The number of imidazole rings is 1. The van der Waals surface area contributed by atoms with Crippen LogP contribution < -0.4 is 10.5 Å². The normalized spacial score (nSPS) is 13.8. The zero-order valence-electron chi connectivity index (χ0n) is 8.94. The predicted octanol–water partition coefficient (Wildman–Crippen LogP) is 0.772. The van der Waals surface area contributed by atoms with Crippen molar-refractivity contribution in [3.63, 3.8) is 0 Å². The van der Waals surface area contributed by atoms with E-state index in [0.29, 0.717) is 6.54 Å². The molecule has 0 spiro atoms. The lowest BCUT2D eigenvalue weighted by Crippen LogP contribution is -2.04. The first-order valence-electron chi connectivity index (χ1n) is 5.45. The molecule has 0 radical (unpaired) electrons. The average Bonchev–Trinajstić information content (AvgIpc) is 2.90. The van der Waals surface area contributed by atoms with E-state index >= 15 is 0 Å². The van der Waals surface area contributed by atoms with Gasteiger partial charge >= 0.3 is 0 Å². The molecule has 0 fully saturated rings. The van der Waals surface area contributed by atoms with Gasteiger partial charge in [-0.1, -0.05) is 0 Å². The SMILES string of the molecule is NCCc1ncc(-c2ccc3n2CCO3)[nH]1.